The number of fused-ring (bicyclic) bond motifs is 2. The molecule has 6 rings (SSSR count). The zero-order valence-electron chi connectivity index (χ0n) is 26.6. The maximum Gasteiger partial charge on any atom is 0.454 e. The zero-order chi connectivity index (χ0) is 35.3. The molecule has 2 aromatic heterocycles. The van der Waals surface area contributed by atoms with Gasteiger partial charge < -0.3 is 14.2 Å². The van der Waals surface area contributed by atoms with E-state index in [-0.39, 0.29) is 17.7 Å². The molecule has 0 aliphatic rings. The Labute approximate surface area is 273 Å². The first kappa shape index (κ1) is 35.9. The molecular weight excluding hydrogens is 634 g/mol. The highest BCUT2D eigenvalue weighted by atomic mass is 19.4. The van der Waals surface area contributed by atoms with Gasteiger partial charge in [0.25, 0.3) is 5.78 Å². The number of carbonyl (C=O) groups excluding carboxylic acids is 1. The van der Waals surface area contributed by atoms with Crippen LogP contribution in [0.15, 0.2) is 103 Å². The highest BCUT2D eigenvalue weighted by Gasteiger charge is 2.59. The second-order valence-corrected chi connectivity index (χ2v) is 11.0. The van der Waals surface area contributed by atoms with Crippen molar-refractivity contribution in [3.63, 3.8) is 0 Å². The number of benzene rings is 4. The third-order valence-electron chi connectivity index (χ3n) is 7.56. The van der Waals surface area contributed by atoms with E-state index in [9.17, 15) is 36.2 Å². The van der Waals surface area contributed by atoms with E-state index in [1.54, 1.807) is 37.3 Å². The van der Waals surface area contributed by atoms with Gasteiger partial charge in [-0.15, -0.1) is 0 Å². The number of ketones is 1. The van der Waals surface area contributed by atoms with Crippen molar-refractivity contribution in [1.29, 1.82) is 0 Å². The van der Waals surface area contributed by atoms with Crippen LogP contribution < -0.4 is 0 Å². The van der Waals surface area contributed by atoms with Gasteiger partial charge in [-0.2, -0.15) is 26.3 Å². The molecule has 0 aliphatic heterocycles. The number of aryl methyl sites for hydroxylation is 4. The minimum atomic E-state index is -4.91. The Hall–Kier alpha value is -4.97. The summed E-state index contributed by atoms with van der Waals surface area (Å²) in [6.45, 7) is 9.07. The van der Waals surface area contributed by atoms with Gasteiger partial charge in [0.15, 0.2) is 5.82 Å². The fraction of sp³-hybridized carbons (Fsp3) is 0.250. The lowest BCUT2D eigenvalue weighted by atomic mass is 9.92. The van der Waals surface area contributed by atoms with Gasteiger partial charge in [-0.1, -0.05) is 72.8 Å². The van der Waals surface area contributed by atoms with E-state index in [1.165, 1.54) is 52.0 Å². The van der Waals surface area contributed by atoms with Crippen molar-refractivity contribution in [1.82, 2.24) is 19.1 Å². The van der Waals surface area contributed by atoms with E-state index in [4.69, 9.17) is 0 Å². The highest BCUT2D eigenvalue weighted by molar-refractivity contribution is 6.00. The summed E-state index contributed by atoms with van der Waals surface area (Å²) in [6.07, 6.45) is -7.79. The largest absolute Gasteiger partial charge is 0.454 e. The predicted octanol–water partition coefficient (Wildman–Crippen LogP) is 8.96. The first-order valence-electron chi connectivity index (χ1n) is 15.0. The Balaban J connectivity index is 0.000000181. The summed E-state index contributed by atoms with van der Waals surface area (Å²) in [4.78, 5) is 19.0. The molecule has 12 heteroatoms. The number of alkyl halides is 6. The SMILES string of the molecule is CCn1c(C(O)(c2ccccc2)C(F)(F)F)nc2ccc(C)cc21.CCn1cnc2ccc(C)cc21.O=C(c1ccccc1)C(F)(F)F. The van der Waals surface area contributed by atoms with Crippen LogP contribution >= 0.6 is 0 Å². The van der Waals surface area contributed by atoms with Gasteiger partial charge in [-0.25, -0.2) is 9.97 Å². The molecule has 2 heterocycles. The summed E-state index contributed by atoms with van der Waals surface area (Å²) in [5.74, 6) is -2.22. The summed E-state index contributed by atoms with van der Waals surface area (Å²) in [5, 5.41) is 10.8. The molecule has 4 aromatic carbocycles. The fourth-order valence-electron chi connectivity index (χ4n) is 5.10. The number of hydrogen-bond donors (Lipinski definition) is 1. The molecule has 1 N–H and O–H groups in total. The van der Waals surface area contributed by atoms with Gasteiger partial charge in [0.05, 0.1) is 28.4 Å². The molecule has 0 radical (unpaired) electrons. The van der Waals surface area contributed by atoms with E-state index in [2.05, 4.69) is 46.6 Å². The minimum absolute atomic E-state index is 0.251. The van der Waals surface area contributed by atoms with Crippen LogP contribution in [0.3, 0.4) is 0 Å². The second kappa shape index (κ2) is 14.4. The Bertz CT molecular complexity index is 1980. The van der Waals surface area contributed by atoms with Crippen LogP contribution in [0.25, 0.3) is 22.1 Å². The van der Waals surface area contributed by atoms with Crippen molar-refractivity contribution >= 4 is 27.9 Å². The van der Waals surface area contributed by atoms with Crippen molar-refractivity contribution in [2.75, 3.05) is 0 Å². The fourth-order valence-corrected chi connectivity index (χ4v) is 5.10. The van der Waals surface area contributed by atoms with Crippen molar-refractivity contribution in [3.05, 3.63) is 131 Å². The van der Waals surface area contributed by atoms with Gasteiger partial charge >= 0.3 is 12.4 Å². The van der Waals surface area contributed by atoms with E-state index < -0.39 is 29.6 Å². The zero-order valence-corrected chi connectivity index (χ0v) is 26.6. The van der Waals surface area contributed by atoms with Gasteiger partial charge in [-0.05, 0) is 63.1 Å². The smallest absolute Gasteiger partial charge is 0.370 e. The van der Waals surface area contributed by atoms with Crippen molar-refractivity contribution in [2.24, 2.45) is 0 Å². The van der Waals surface area contributed by atoms with Gasteiger partial charge in [0, 0.05) is 24.2 Å². The van der Waals surface area contributed by atoms with E-state index >= 15 is 0 Å². The van der Waals surface area contributed by atoms with E-state index in [1.807, 2.05) is 13.3 Å². The molecule has 0 saturated carbocycles. The van der Waals surface area contributed by atoms with Crippen LogP contribution in [0.5, 0.6) is 0 Å². The van der Waals surface area contributed by atoms with Crippen molar-refractivity contribution < 1.29 is 36.2 Å². The Morgan fingerprint density at radius 1 is 0.729 bits per heavy atom. The molecule has 0 aliphatic carbocycles. The molecule has 6 aromatic rings. The number of nitrogens with zero attached hydrogens (tertiary/aromatic N) is 4. The Morgan fingerprint density at radius 2 is 1.27 bits per heavy atom. The average Bonchev–Trinajstić information content (AvgIpc) is 3.64. The van der Waals surface area contributed by atoms with Crippen LogP contribution in [0.4, 0.5) is 26.3 Å². The van der Waals surface area contributed by atoms with Gasteiger partial charge in [0.1, 0.15) is 0 Å². The summed E-state index contributed by atoms with van der Waals surface area (Å²) >= 11 is 0. The van der Waals surface area contributed by atoms with Gasteiger partial charge in [0.2, 0.25) is 5.60 Å². The predicted molar refractivity (Wildman–Crippen MR) is 173 cm³/mol. The molecule has 0 saturated heterocycles. The maximum atomic E-state index is 13.9. The minimum Gasteiger partial charge on any atom is -0.370 e. The molecule has 1 atom stereocenters. The third-order valence-corrected chi connectivity index (χ3v) is 7.56. The first-order chi connectivity index (χ1) is 22.6. The highest BCUT2D eigenvalue weighted by Crippen LogP contribution is 2.44. The number of aromatic nitrogens is 4. The molecule has 0 fully saturated rings. The lowest BCUT2D eigenvalue weighted by molar-refractivity contribution is -0.252. The number of rotatable bonds is 5. The summed E-state index contributed by atoms with van der Waals surface area (Å²) < 4.78 is 80.6. The average molecular weight is 669 g/mol. The number of carbonyl (C=O) groups is 1. The molecule has 0 bridgehead atoms. The van der Waals surface area contributed by atoms with E-state index in [0.717, 1.165) is 29.8 Å². The van der Waals surface area contributed by atoms with E-state index in [0.29, 0.717) is 11.0 Å². The second-order valence-electron chi connectivity index (χ2n) is 11.0. The van der Waals surface area contributed by atoms with Crippen molar-refractivity contribution in [3.8, 4) is 0 Å². The summed E-state index contributed by atoms with van der Waals surface area (Å²) in [6, 6.07) is 25.2. The molecule has 0 spiro atoms. The number of imidazole rings is 2. The van der Waals surface area contributed by atoms with Crippen LogP contribution in [0.1, 0.15) is 46.7 Å². The first-order valence-corrected chi connectivity index (χ1v) is 15.0. The monoisotopic (exact) mass is 668 g/mol. The van der Waals surface area contributed by atoms with Crippen molar-refractivity contribution in [2.45, 2.75) is 58.7 Å². The molecule has 0 amide bonds. The summed E-state index contributed by atoms with van der Waals surface area (Å²) in [5.41, 5.74) is 1.78. The standard InChI is InChI=1S/C18H17F3N2O.C10H12N2.C8H5F3O/c1-3-23-15-11-12(2)9-10-14(15)22-16(23)17(24,18(19,20)21)13-7-5-4-6-8-13;1-3-12-7-11-9-5-4-8(2)6-10(9)12;9-8(10,11)7(12)6-4-2-1-3-5-6/h4-11,24H,3H2,1-2H3;4-7H,3H2,1-2H3;1-5H. The topological polar surface area (TPSA) is 72.9 Å². The Kier molecular flexibility index (Phi) is 10.8. The lowest BCUT2D eigenvalue weighted by Crippen LogP contribution is -2.45. The van der Waals surface area contributed by atoms with Gasteiger partial charge in [-0.3, -0.25) is 4.79 Å². The molecular formula is C36H34F6N4O2. The molecule has 1 unspecified atom stereocenters. The number of Topliss-reactive ketones (excluding diaryl/α,β-unsaturated/α-hetero) is 1. The molecule has 48 heavy (non-hydrogen) atoms. The van der Waals surface area contributed by atoms with Crippen LogP contribution in [-0.4, -0.2) is 42.3 Å². The number of aliphatic hydroxyl groups is 1. The number of halogens is 6. The molecule has 252 valence electrons. The Morgan fingerprint density at radius 3 is 1.79 bits per heavy atom. The van der Waals surface area contributed by atoms with Crippen LogP contribution in [0.2, 0.25) is 0 Å². The lowest BCUT2D eigenvalue weighted by Gasteiger charge is -2.30. The molecule has 6 nitrogen and oxygen atoms in total. The van der Waals surface area contributed by atoms with Crippen LogP contribution in [-0.2, 0) is 18.7 Å². The third kappa shape index (κ3) is 7.60. The quantitative estimate of drug-likeness (QED) is 0.147. The number of hydrogen-bond acceptors (Lipinski definition) is 4. The van der Waals surface area contributed by atoms with Crippen LogP contribution in [0, 0.1) is 13.8 Å². The normalized spacial score (nSPS) is 12.9. The maximum absolute atomic E-state index is 13.9. The summed E-state index contributed by atoms with van der Waals surface area (Å²) in [7, 11) is 0.